The first-order valence-electron chi connectivity index (χ1n) is 6.99. The number of aliphatic hydroxyl groups is 1. The Morgan fingerprint density at radius 3 is 2.75 bits per heavy atom. The molecule has 1 aliphatic rings. The Morgan fingerprint density at radius 1 is 1.20 bits per heavy atom. The first kappa shape index (κ1) is 13.0. The number of furan rings is 1. The van der Waals surface area contributed by atoms with Crippen LogP contribution in [0.25, 0.3) is 0 Å². The number of hydrogen-bond acceptors (Lipinski definition) is 5. The molecular formula is C15H19N3O2. The van der Waals surface area contributed by atoms with Gasteiger partial charge in [0.2, 0.25) is 0 Å². The molecule has 2 aromatic heterocycles. The predicted octanol–water partition coefficient (Wildman–Crippen LogP) is 2.38. The van der Waals surface area contributed by atoms with E-state index in [9.17, 15) is 0 Å². The molecule has 20 heavy (non-hydrogen) atoms. The van der Waals surface area contributed by atoms with E-state index in [4.69, 9.17) is 9.52 Å². The van der Waals surface area contributed by atoms with Crippen LogP contribution in [-0.2, 0) is 13.2 Å². The third-order valence-electron chi connectivity index (χ3n) is 3.52. The second-order valence-corrected chi connectivity index (χ2v) is 4.95. The van der Waals surface area contributed by atoms with Gasteiger partial charge >= 0.3 is 0 Å². The smallest absolute Gasteiger partial charge is 0.151 e. The summed E-state index contributed by atoms with van der Waals surface area (Å²) in [6.45, 7) is 2.67. The molecule has 5 heteroatoms. The van der Waals surface area contributed by atoms with Crippen LogP contribution in [0, 0.1) is 0 Å². The molecule has 3 rings (SSSR count). The number of aromatic nitrogens is 1. The summed E-state index contributed by atoms with van der Waals surface area (Å²) in [5, 5.41) is 12.4. The number of anilines is 2. The Balaban J connectivity index is 1.70. The van der Waals surface area contributed by atoms with Crippen molar-refractivity contribution in [1.29, 1.82) is 0 Å². The number of nitrogens with zero attached hydrogens (tertiary/aromatic N) is 2. The zero-order valence-electron chi connectivity index (χ0n) is 11.4. The maximum absolute atomic E-state index is 8.99. The van der Waals surface area contributed by atoms with Crippen molar-refractivity contribution in [3.8, 4) is 0 Å². The molecule has 0 spiro atoms. The zero-order valence-corrected chi connectivity index (χ0v) is 11.4. The molecule has 0 amide bonds. The van der Waals surface area contributed by atoms with Gasteiger partial charge in [-0.1, -0.05) is 0 Å². The number of pyridine rings is 1. The normalized spacial score (nSPS) is 14.8. The van der Waals surface area contributed by atoms with Crippen molar-refractivity contribution in [1.82, 2.24) is 4.98 Å². The van der Waals surface area contributed by atoms with Crippen LogP contribution in [0.4, 0.5) is 11.5 Å². The molecule has 1 aliphatic heterocycles. The molecule has 5 nitrogen and oxygen atoms in total. The van der Waals surface area contributed by atoms with E-state index < -0.39 is 0 Å². The number of hydrogen-bond donors (Lipinski definition) is 2. The van der Waals surface area contributed by atoms with Crippen molar-refractivity contribution in [3.63, 3.8) is 0 Å². The first-order chi connectivity index (χ1) is 9.86. The summed E-state index contributed by atoms with van der Waals surface area (Å²) < 4.78 is 5.47. The molecule has 0 unspecified atom stereocenters. The molecule has 0 saturated carbocycles. The van der Waals surface area contributed by atoms with E-state index in [1.165, 1.54) is 12.8 Å². The predicted molar refractivity (Wildman–Crippen MR) is 77.6 cm³/mol. The van der Waals surface area contributed by atoms with Gasteiger partial charge in [0, 0.05) is 19.3 Å². The van der Waals surface area contributed by atoms with Crippen LogP contribution in [0.3, 0.4) is 0 Å². The van der Waals surface area contributed by atoms with Crippen molar-refractivity contribution < 1.29 is 9.52 Å². The van der Waals surface area contributed by atoms with Crippen LogP contribution in [0.1, 0.15) is 24.4 Å². The molecule has 1 saturated heterocycles. The molecule has 0 radical (unpaired) electrons. The van der Waals surface area contributed by atoms with Crippen LogP contribution >= 0.6 is 0 Å². The van der Waals surface area contributed by atoms with Gasteiger partial charge in [0.1, 0.15) is 18.1 Å². The number of rotatable bonds is 5. The highest BCUT2D eigenvalue weighted by Gasteiger charge is 2.16. The van der Waals surface area contributed by atoms with E-state index in [-0.39, 0.29) is 6.61 Å². The van der Waals surface area contributed by atoms with E-state index in [1.807, 2.05) is 24.4 Å². The Hall–Kier alpha value is -2.01. The van der Waals surface area contributed by atoms with Crippen molar-refractivity contribution in [3.05, 3.63) is 42.0 Å². The fraction of sp³-hybridized carbons (Fsp3) is 0.400. The Bertz CT molecular complexity index is 562. The number of aliphatic hydroxyl groups excluding tert-OH is 1. The minimum absolute atomic E-state index is 0.0636. The van der Waals surface area contributed by atoms with E-state index in [0.29, 0.717) is 12.3 Å². The highest BCUT2D eigenvalue weighted by atomic mass is 16.4. The minimum Gasteiger partial charge on any atom is -0.462 e. The van der Waals surface area contributed by atoms with Gasteiger partial charge in [-0.2, -0.15) is 0 Å². The minimum atomic E-state index is -0.0636. The van der Waals surface area contributed by atoms with E-state index in [1.54, 1.807) is 6.07 Å². The monoisotopic (exact) mass is 273 g/mol. The second kappa shape index (κ2) is 5.96. The topological polar surface area (TPSA) is 61.5 Å². The maximum Gasteiger partial charge on any atom is 0.151 e. The first-order valence-corrected chi connectivity index (χ1v) is 6.99. The Kier molecular flexibility index (Phi) is 3.87. The SMILES string of the molecule is OCc1ccc(CNc2cccnc2N2CCCC2)o1. The Morgan fingerprint density at radius 2 is 2.00 bits per heavy atom. The summed E-state index contributed by atoms with van der Waals surface area (Å²) >= 11 is 0. The number of nitrogens with one attached hydrogen (secondary N) is 1. The molecular weight excluding hydrogens is 254 g/mol. The third kappa shape index (κ3) is 2.77. The zero-order chi connectivity index (χ0) is 13.8. The highest BCUT2D eigenvalue weighted by Crippen LogP contribution is 2.26. The van der Waals surface area contributed by atoms with Crippen LogP contribution in [-0.4, -0.2) is 23.2 Å². The van der Waals surface area contributed by atoms with Gasteiger partial charge in [0.25, 0.3) is 0 Å². The van der Waals surface area contributed by atoms with Crippen molar-refractivity contribution >= 4 is 11.5 Å². The summed E-state index contributed by atoms with van der Waals surface area (Å²) in [6.07, 6.45) is 4.29. The van der Waals surface area contributed by atoms with E-state index in [2.05, 4.69) is 15.2 Å². The lowest BCUT2D eigenvalue weighted by Crippen LogP contribution is -2.20. The summed E-state index contributed by atoms with van der Waals surface area (Å²) in [4.78, 5) is 6.80. The molecule has 0 aromatic carbocycles. The molecule has 3 heterocycles. The highest BCUT2D eigenvalue weighted by molar-refractivity contribution is 5.65. The van der Waals surface area contributed by atoms with E-state index in [0.717, 1.165) is 30.4 Å². The molecule has 0 atom stereocenters. The molecule has 106 valence electrons. The van der Waals surface area contributed by atoms with Gasteiger partial charge in [0.15, 0.2) is 5.82 Å². The largest absolute Gasteiger partial charge is 0.462 e. The lowest BCUT2D eigenvalue weighted by atomic mass is 10.3. The standard InChI is InChI=1S/C15H19N3O2/c19-11-13-6-5-12(20-13)10-17-14-4-3-7-16-15(14)18-8-1-2-9-18/h3-7,17,19H,1-2,8-11H2. The summed E-state index contributed by atoms with van der Waals surface area (Å²) in [7, 11) is 0. The van der Waals surface area contributed by atoms with Gasteiger partial charge in [0.05, 0.1) is 12.2 Å². The summed E-state index contributed by atoms with van der Waals surface area (Å²) in [5.74, 6) is 2.41. The molecule has 2 N–H and O–H groups in total. The molecule has 0 bridgehead atoms. The van der Waals surface area contributed by atoms with Crippen LogP contribution in [0.5, 0.6) is 0 Å². The van der Waals surface area contributed by atoms with Gasteiger partial charge in [-0.15, -0.1) is 0 Å². The van der Waals surface area contributed by atoms with Gasteiger partial charge in [-0.3, -0.25) is 0 Å². The Labute approximate surface area is 118 Å². The molecule has 1 fully saturated rings. The quantitative estimate of drug-likeness (QED) is 0.875. The lowest BCUT2D eigenvalue weighted by molar-refractivity contribution is 0.244. The maximum atomic E-state index is 8.99. The third-order valence-corrected chi connectivity index (χ3v) is 3.52. The van der Waals surface area contributed by atoms with Crippen molar-refractivity contribution in [2.45, 2.75) is 26.0 Å². The fourth-order valence-electron chi connectivity index (χ4n) is 2.50. The summed E-state index contributed by atoms with van der Waals surface area (Å²) in [6, 6.07) is 7.64. The summed E-state index contributed by atoms with van der Waals surface area (Å²) in [5.41, 5.74) is 1.02. The van der Waals surface area contributed by atoms with Gasteiger partial charge < -0.3 is 19.7 Å². The van der Waals surface area contributed by atoms with Crippen LogP contribution in [0.2, 0.25) is 0 Å². The fourth-order valence-corrected chi connectivity index (χ4v) is 2.50. The average Bonchev–Trinajstić information content (AvgIpc) is 3.17. The molecule has 0 aliphatic carbocycles. The second-order valence-electron chi connectivity index (χ2n) is 4.95. The van der Waals surface area contributed by atoms with Crippen LogP contribution < -0.4 is 10.2 Å². The molecule has 2 aromatic rings. The van der Waals surface area contributed by atoms with Crippen molar-refractivity contribution in [2.24, 2.45) is 0 Å². The van der Waals surface area contributed by atoms with Crippen LogP contribution in [0.15, 0.2) is 34.9 Å². The average molecular weight is 273 g/mol. The van der Waals surface area contributed by atoms with Gasteiger partial charge in [-0.05, 0) is 37.1 Å². The van der Waals surface area contributed by atoms with Crippen molar-refractivity contribution in [2.75, 3.05) is 23.3 Å². The van der Waals surface area contributed by atoms with Gasteiger partial charge in [-0.25, -0.2) is 4.98 Å². The lowest BCUT2D eigenvalue weighted by Gasteiger charge is -2.20. The van der Waals surface area contributed by atoms with E-state index >= 15 is 0 Å².